The molecule has 0 aliphatic rings. The Hall–Kier alpha value is -1.62. The van der Waals surface area contributed by atoms with Gasteiger partial charge in [-0.3, -0.25) is 4.98 Å². The van der Waals surface area contributed by atoms with E-state index in [1.54, 1.807) is 12.3 Å². The SMILES string of the molecule is CCN(c1cnccc1C(=O)O)C(C)CN(C)C. The molecule has 0 amide bonds. The van der Waals surface area contributed by atoms with Gasteiger partial charge in [-0.15, -0.1) is 0 Å². The maximum absolute atomic E-state index is 11.2. The molecule has 0 saturated heterocycles. The second kappa shape index (κ2) is 6.35. The highest BCUT2D eigenvalue weighted by Crippen LogP contribution is 2.21. The van der Waals surface area contributed by atoms with Crippen LogP contribution in [-0.2, 0) is 0 Å². The molecule has 0 spiro atoms. The van der Waals surface area contributed by atoms with Crippen LogP contribution >= 0.6 is 0 Å². The standard InChI is InChI=1S/C13H21N3O2/c1-5-16(10(2)9-15(3)4)12-8-14-7-6-11(12)13(17)18/h6-8,10H,5,9H2,1-4H3,(H,17,18). The Morgan fingerprint density at radius 3 is 2.67 bits per heavy atom. The van der Waals surface area contributed by atoms with Crippen molar-refractivity contribution in [3.63, 3.8) is 0 Å². The highest BCUT2D eigenvalue weighted by atomic mass is 16.4. The Morgan fingerprint density at radius 1 is 1.50 bits per heavy atom. The van der Waals surface area contributed by atoms with E-state index in [0.29, 0.717) is 11.3 Å². The van der Waals surface area contributed by atoms with Crippen LogP contribution in [-0.4, -0.2) is 54.2 Å². The molecule has 0 bridgehead atoms. The number of carboxylic acid groups (broad SMARTS) is 1. The Morgan fingerprint density at radius 2 is 2.17 bits per heavy atom. The van der Waals surface area contributed by atoms with Crippen LogP contribution in [0, 0.1) is 0 Å². The van der Waals surface area contributed by atoms with Crippen molar-refractivity contribution in [3.05, 3.63) is 24.0 Å². The van der Waals surface area contributed by atoms with E-state index in [1.807, 2.05) is 21.0 Å². The van der Waals surface area contributed by atoms with E-state index in [9.17, 15) is 9.90 Å². The van der Waals surface area contributed by atoms with Crippen molar-refractivity contribution in [1.82, 2.24) is 9.88 Å². The fourth-order valence-corrected chi connectivity index (χ4v) is 2.14. The van der Waals surface area contributed by atoms with Crippen molar-refractivity contribution in [2.45, 2.75) is 19.9 Å². The van der Waals surface area contributed by atoms with Crippen molar-refractivity contribution >= 4 is 11.7 Å². The molecule has 0 radical (unpaired) electrons. The molecule has 100 valence electrons. The molecule has 0 aliphatic carbocycles. The summed E-state index contributed by atoms with van der Waals surface area (Å²) in [7, 11) is 4.01. The lowest BCUT2D eigenvalue weighted by Crippen LogP contribution is -2.40. The van der Waals surface area contributed by atoms with Gasteiger partial charge in [-0.2, -0.15) is 0 Å². The Balaban J connectivity index is 3.05. The van der Waals surface area contributed by atoms with Gasteiger partial charge in [0.15, 0.2) is 0 Å². The molecule has 1 aromatic heterocycles. The van der Waals surface area contributed by atoms with Gasteiger partial charge in [0.05, 0.1) is 17.4 Å². The lowest BCUT2D eigenvalue weighted by Gasteiger charge is -2.32. The molecule has 0 aliphatic heterocycles. The first kappa shape index (κ1) is 14.4. The van der Waals surface area contributed by atoms with Crippen LogP contribution in [0.25, 0.3) is 0 Å². The van der Waals surface area contributed by atoms with E-state index in [1.165, 1.54) is 6.20 Å². The fraction of sp³-hybridized carbons (Fsp3) is 0.538. The van der Waals surface area contributed by atoms with Gasteiger partial charge in [0, 0.05) is 25.3 Å². The number of aromatic carboxylic acids is 1. The first-order valence-electron chi connectivity index (χ1n) is 6.06. The molecule has 1 N–H and O–H groups in total. The second-order valence-corrected chi connectivity index (χ2v) is 4.60. The van der Waals surface area contributed by atoms with E-state index in [4.69, 9.17) is 0 Å². The number of anilines is 1. The second-order valence-electron chi connectivity index (χ2n) is 4.60. The first-order valence-corrected chi connectivity index (χ1v) is 6.06. The number of aromatic nitrogens is 1. The van der Waals surface area contributed by atoms with Crippen molar-refractivity contribution in [2.24, 2.45) is 0 Å². The molecular weight excluding hydrogens is 230 g/mol. The van der Waals surface area contributed by atoms with Crippen molar-refractivity contribution in [2.75, 3.05) is 32.1 Å². The van der Waals surface area contributed by atoms with Crippen molar-refractivity contribution in [1.29, 1.82) is 0 Å². The average Bonchev–Trinajstić information content (AvgIpc) is 2.29. The topological polar surface area (TPSA) is 56.7 Å². The normalized spacial score (nSPS) is 12.5. The van der Waals surface area contributed by atoms with Crippen LogP contribution in [0.2, 0.25) is 0 Å². The third kappa shape index (κ3) is 3.43. The third-order valence-electron chi connectivity index (χ3n) is 2.84. The van der Waals surface area contributed by atoms with Gasteiger partial charge in [-0.25, -0.2) is 4.79 Å². The van der Waals surface area contributed by atoms with E-state index in [2.05, 4.69) is 21.7 Å². The van der Waals surface area contributed by atoms with Gasteiger partial charge in [-0.1, -0.05) is 0 Å². The largest absolute Gasteiger partial charge is 0.478 e. The molecule has 18 heavy (non-hydrogen) atoms. The quantitative estimate of drug-likeness (QED) is 0.831. The number of hydrogen-bond donors (Lipinski definition) is 1. The van der Waals surface area contributed by atoms with Crippen LogP contribution in [0.5, 0.6) is 0 Å². The number of carboxylic acids is 1. The molecule has 1 atom stereocenters. The molecular formula is C13H21N3O2. The number of nitrogens with zero attached hydrogens (tertiary/aromatic N) is 3. The van der Waals surface area contributed by atoms with E-state index < -0.39 is 5.97 Å². The smallest absolute Gasteiger partial charge is 0.337 e. The fourth-order valence-electron chi connectivity index (χ4n) is 2.14. The Labute approximate surface area is 108 Å². The molecule has 5 heteroatoms. The number of likely N-dealkylation sites (N-methyl/N-ethyl adjacent to an activating group) is 2. The minimum atomic E-state index is -0.914. The summed E-state index contributed by atoms with van der Waals surface area (Å²) in [5.74, 6) is -0.914. The van der Waals surface area contributed by atoms with Crippen LogP contribution in [0.15, 0.2) is 18.5 Å². The van der Waals surface area contributed by atoms with Gasteiger partial charge in [0.2, 0.25) is 0 Å². The zero-order valence-electron chi connectivity index (χ0n) is 11.4. The third-order valence-corrected chi connectivity index (χ3v) is 2.84. The lowest BCUT2D eigenvalue weighted by molar-refractivity contribution is 0.0697. The van der Waals surface area contributed by atoms with Crippen LogP contribution in [0.3, 0.4) is 0 Å². The van der Waals surface area contributed by atoms with E-state index >= 15 is 0 Å². The van der Waals surface area contributed by atoms with Gasteiger partial charge in [-0.05, 0) is 34.0 Å². The molecule has 1 aromatic rings. The molecule has 1 unspecified atom stereocenters. The summed E-state index contributed by atoms with van der Waals surface area (Å²) in [6, 6.07) is 1.77. The predicted molar refractivity (Wildman–Crippen MR) is 72.2 cm³/mol. The first-order chi connectivity index (χ1) is 8.47. The van der Waals surface area contributed by atoms with Crippen LogP contribution in [0.1, 0.15) is 24.2 Å². The minimum Gasteiger partial charge on any atom is -0.478 e. The van der Waals surface area contributed by atoms with Crippen molar-refractivity contribution < 1.29 is 9.90 Å². The summed E-state index contributed by atoms with van der Waals surface area (Å²) in [5, 5.41) is 9.21. The number of carbonyl (C=O) groups is 1. The maximum Gasteiger partial charge on any atom is 0.337 e. The Kier molecular flexibility index (Phi) is 5.09. The highest BCUT2D eigenvalue weighted by Gasteiger charge is 2.19. The summed E-state index contributed by atoms with van der Waals surface area (Å²) >= 11 is 0. The number of pyridine rings is 1. The van der Waals surface area contributed by atoms with Crippen LogP contribution in [0.4, 0.5) is 5.69 Å². The molecule has 5 nitrogen and oxygen atoms in total. The van der Waals surface area contributed by atoms with E-state index in [0.717, 1.165) is 13.1 Å². The molecule has 1 rings (SSSR count). The molecule has 0 aromatic carbocycles. The zero-order chi connectivity index (χ0) is 13.7. The average molecular weight is 251 g/mol. The summed E-state index contributed by atoms with van der Waals surface area (Å²) in [5.41, 5.74) is 0.985. The van der Waals surface area contributed by atoms with Crippen LogP contribution < -0.4 is 4.90 Å². The lowest BCUT2D eigenvalue weighted by atomic mass is 10.1. The summed E-state index contributed by atoms with van der Waals surface area (Å²) in [4.78, 5) is 19.4. The van der Waals surface area contributed by atoms with Crippen molar-refractivity contribution in [3.8, 4) is 0 Å². The molecule has 0 saturated carbocycles. The monoisotopic (exact) mass is 251 g/mol. The van der Waals surface area contributed by atoms with E-state index in [-0.39, 0.29) is 6.04 Å². The van der Waals surface area contributed by atoms with Gasteiger partial charge >= 0.3 is 5.97 Å². The van der Waals surface area contributed by atoms with Gasteiger partial charge < -0.3 is 14.9 Å². The van der Waals surface area contributed by atoms with Gasteiger partial charge in [0.25, 0.3) is 0 Å². The summed E-state index contributed by atoms with van der Waals surface area (Å²) in [6.45, 7) is 5.72. The Bertz CT molecular complexity index is 407. The number of rotatable bonds is 6. The predicted octanol–water partition coefficient (Wildman–Crippen LogP) is 1.56. The molecule has 0 fully saturated rings. The maximum atomic E-state index is 11.2. The summed E-state index contributed by atoms with van der Waals surface area (Å²) < 4.78 is 0. The minimum absolute atomic E-state index is 0.229. The zero-order valence-corrected chi connectivity index (χ0v) is 11.4. The molecule has 1 heterocycles. The number of hydrogen-bond acceptors (Lipinski definition) is 4. The summed E-state index contributed by atoms with van der Waals surface area (Å²) in [6.07, 6.45) is 3.14. The highest BCUT2D eigenvalue weighted by molar-refractivity contribution is 5.94. The van der Waals surface area contributed by atoms with Gasteiger partial charge in [0.1, 0.15) is 0 Å².